The zero-order valence-corrected chi connectivity index (χ0v) is 20.9. The number of benzene rings is 3. The van der Waals surface area contributed by atoms with Crippen molar-refractivity contribution in [3.05, 3.63) is 94.5 Å². The Hall–Kier alpha value is -2.96. The van der Waals surface area contributed by atoms with E-state index in [1.165, 1.54) is 7.11 Å². The lowest BCUT2D eigenvalue weighted by atomic mass is 10.2. The van der Waals surface area contributed by atoms with Crippen LogP contribution in [0.15, 0.2) is 77.7 Å². The van der Waals surface area contributed by atoms with Gasteiger partial charge in [-0.25, -0.2) is 4.79 Å². The van der Waals surface area contributed by atoms with Crippen LogP contribution in [-0.4, -0.2) is 42.8 Å². The first-order chi connectivity index (χ1) is 16.5. The molecule has 0 aliphatic carbocycles. The van der Waals surface area contributed by atoms with E-state index >= 15 is 0 Å². The number of carbonyl (C=O) groups excluding carboxylic acids is 2. The van der Waals surface area contributed by atoms with Crippen molar-refractivity contribution >= 4 is 35.2 Å². The number of esters is 1. The first kappa shape index (κ1) is 25.7. The van der Waals surface area contributed by atoms with Gasteiger partial charge in [0.15, 0.2) is 6.61 Å². The predicted octanol–water partition coefficient (Wildman–Crippen LogP) is 5.89. The second kappa shape index (κ2) is 13.1. The Morgan fingerprint density at radius 2 is 1.68 bits per heavy atom. The van der Waals surface area contributed by atoms with E-state index in [9.17, 15) is 9.59 Å². The van der Waals surface area contributed by atoms with E-state index in [1.807, 2.05) is 73.7 Å². The number of amides is 1. The topological polar surface area (TPSA) is 55.8 Å². The average molecular weight is 498 g/mol. The van der Waals surface area contributed by atoms with Gasteiger partial charge in [-0.15, -0.1) is 11.8 Å². The summed E-state index contributed by atoms with van der Waals surface area (Å²) in [7, 11) is 1.39. The number of likely N-dealkylation sites (N-methyl/N-ethyl adjacent to an activating group) is 1. The highest BCUT2D eigenvalue weighted by Crippen LogP contribution is 2.25. The second-order valence-electron chi connectivity index (χ2n) is 7.52. The van der Waals surface area contributed by atoms with Crippen LogP contribution in [0.3, 0.4) is 0 Å². The number of aryl methyl sites for hydroxylation is 1. The molecule has 0 bridgehead atoms. The van der Waals surface area contributed by atoms with E-state index in [1.54, 1.807) is 22.7 Å². The summed E-state index contributed by atoms with van der Waals surface area (Å²) in [6, 6.07) is 22.7. The van der Waals surface area contributed by atoms with E-state index in [4.69, 9.17) is 21.1 Å². The lowest BCUT2D eigenvalue weighted by molar-refractivity contribution is -0.133. The highest BCUT2D eigenvalue weighted by Gasteiger charge is 2.15. The fraction of sp³-hybridized carbons (Fsp3) is 0.259. The SMILES string of the molecule is CCN(Cc1ccccc1Cl)C(=O)COc1ccc(CCSc2ccccc2C(=O)OC)cc1. The van der Waals surface area contributed by atoms with Crippen LogP contribution in [0.2, 0.25) is 5.02 Å². The Kier molecular flexibility index (Phi) is 9.86. The highest BCUT2D eigenvalue weighted by atomic mass is 35.5. The summed E-state index contributed by atoms with van der Waals surface area (Å²) < 4.78 is 10.6. The normalized spacial score (nSPS) is 10.6. The van der Waals surface area contributed by atoms with Crippen LogP contribution in [0.25, 0.3) is 0 Å². The summed E-state index contributed by atoms with van der Waals surface area (Å²) in [5, 5.41) is 0.650. The van der Waals surface area contributed by atoms with E-state index < -0.39 is 0 Å². The Balaban J connectivity index is 1.48. The van der Waals surface area contributed by atoms with Crippen molar-refractivity contribution in [1.29, 1.82) is 0 Å². The van der Waals surface area contributed by atoms with Gasteiger partial charge in [0, 0.05) is 28.8 Å². The lowest BCUT2D eigenvalue weighted by Gasteiger charge is -2.21. The number of halogens is 1. The van der Waals surface area contributed by atoms with Crippen LogP contribution >= 0.6 is 23.4 Å². The van der Waals surface area contributed by atoms with Crippen LogP contribution < -0.4 is 4.74 Å². The zero-order chi connectivity index (χ0) is 24.3. The van der Waals surface area contributed by atoms with Crippen LogP contribution in [0, 0.1) is 0 Å². The molecular weight excluding hydrogens is 470 g/mol. The molecule has 0 heterocycles. The first-order valence-corrected chi connectivity index (χ1v) is 12.4. The standard InChI is InChI=1S/C27H28ClNO4S/c1-3-29(18-21-8-4-6-10-24(21)28)26(30)19-33-22-14-12-20(13-15-22)16-17-34-25-11-7-5-9-23(25)27(31)32-2/h4-15H,3,16-19H2,1-2H3. The first-order valence-electron chi connectivity index (χ1n) is 11.0. The molecular formula is C27H28ClNO4S. The van der Waals surface area contributed by atoms with Gasteiger partial charge >= 0.3 is 5.97 Å². The lowest BCUT2D eigenvalue weighted by Crippen LogP contribution is -2.34. The molecule has 0 saturated carbocycles. The monoisotopic (exact) mass is 497 g/mol. The van der Waals surface area contributed by atoms with E-state index in [2.05, 4.69) is 0 Å². The molecule has 5 nitrogen and oxygen atoms in total. The number of thioether (sulfide) groups is 1. The van der Waals surface area contributed by atoms with Gasteiger partial charge < -0.3 is 14.4 Å². The van der Waals surface area contributed by atoms with Crippen molar-refractivity contribution in [1.82, 2.24) is 4.90 Å². The third-order valence-corrected chi connectivity index (χ3v) is 6.72. The fourth-order valence-corrected chi connectivity index (χ4v) is 4.58. The molecule has 0 saturated heterocycles. The predicted molar refractivity (Wildman–Crippen MR) is 137 cm³/mol. The van der Waals surface area contributed by atoms with Gasteiger partial charge in [-0.2, -0.15) is 0 Å². The molecule has 0 spiro atoms. The molecule has 0 N–H and O–H groups in total. The minimum Gasteiger partial charge on any atom is -0.484 e. The number of nitrogens with zero attached hydrogens (tertiary/aromatic N) is 1. The van der Waals surface area contributed by atoms with Gasteiger partial charge in [0.2, 0.25) is 0 Å². The van der Waals surface area contributed by atoms with Crippen molar-refractivity contribution < 1.29 is 19.1 Å². The molecule has 34 heavy (non-hydrogen) atoms. The summed E-state index contributed by atoms with van der Waals surface area (Å²) in [5.74, 6) is 1.05. The highest BCUT2D eigenvalue weighted by molar-refractivity contribution is 7.99. The molecule has 0 fully saturated rings. The molecule has 178 valence electrons. The molecule has 1 amide bonds. The van der Waals surface area contributed by atoms with Crippen LogP contribution in [0.5, 0.6) is 5.75 Å². The molecule has 3 rings (SSSR count). The molecule has 0 atom stereocenters. The summed E-state index contributed by atoms with van der Waals surface area (Å²) in [5.41, 5.74) is 2.64. The Morgan fingerprint density at radius 1 is 0.971 bits per heavy atom. The summed E-state index contributed by atoms with van der Waals surface area (Å²) in [4.78, 5) is 27.2. The molecule has 0 aliphatic heterocycles. The molecule has 3 aromatic carbocycles. The van der Waals surface area contributed by atoms with Gasteiger partial charge in [0.05, 0.1) is 12.7 Å². The third kappa shape index (κ3) is 7.27. The van der Waals surface area contributed by atoms with E-state index in [0.717, 1.165) is 28.2 Å². The van der Waals surface area contributed by atoms with Crippen molar-refractivity contribution in [2.45, 2.75) is 24.8 Å². The largest absolute Gasteiger partial charge is 0.484 e. The molecule has 7 heteroatoms. The minimum absolute atomic E-state index is 0.0300. The third-order valence-electron chi connectivity index (χ3n) is 5.28. The quantitative estimate of drug-likeness (QED) is 0.244. The molecule has 3 aromatic rings. The average Bonchev–Trinajstić information content (AvgIpc) is 2.87. The molecule has 0 unspecified atom stereocenters. The molecule has 0 radical (unpaired) electrons. The maximum atomic E-state index is 12.6. The van der Waals surface area contributed by atoms with Crippen molar-refractivity contribution in [2.75, 3.05) is 26.0 Å². The molecule has 0 aromatic heterocycles. The summed E-state index contributed by atoms with van der Waals surface area (Å²) >= 11 is 7.85. The smallest absolute Gasteiger partial charge is 0.338 e. The van der Waals surface area contributed by atoms with Crippen molar-refractivity contribution in [2.24, 2.45) is 0 Å². The number of rotatable bonds is 11. The number of methoxy groups -OCH3 is 1. The van der Waals surface area contributed by atoms with Crippen molar-refractivity contribution in [3.8, 4) is 5.75 Å². The summed E-state index contributed by atoms with van der Waals surface area (Å²) in [6.45, 7) is 2.93. The maximum absolute atomic E-state index is 12.6. The number of carbonyl (C=O) groups is 2. The van der Waals surface area contributed by atoms with Crippen LogP contribution in [-0.2, 0) is 22.5 Å². The number of ether oxygens (including phenoxy) is 2. The van der Waals surface area contributed by atoms with Crippen molar-refractivity contribution in [3.63, 3.8) is 0 Å². The van der Waals surface area contributed by atoms with E-state index in [-0.39, 0.29) is 18.5 Å². The second-order valence-corrected chi connectivity index (χ2v) is 9.06. The van der Waals surface area contributed by atoms with Gasteiger partial charge in [-0.1, -0.05) is 54.1 Å². The fourth-order valence-electron chi connectivity index (χ4n) is 3.35. The zero-order valence-electron chi connectivity index (χ0n) is 19.3. The number of hydrogen-bond acceptors (Lipinski definition) is 5. The maximum Gasteiger partial charge on any atom is 0.338 e. The van der Waals surface area contributed by atoms with E-state index in [0.29, 0.717) is 29.4 Å². The minimum atomic E-state index is -0.326. The van der Waals surface area contributed by atoms with Gasteiger partial charge in [0.25, 0.3) is 5.91 Å². The summed E-state index contributed by atoms with van der Waals surface area (Å²) in [6.07, 6.45) is 0.834. The van der Waals surface area contributed by atoms with Crippen LogP contribution in [0.4, 0.5) is 0 Å². The number of hydrogen-bond donors (Lipinski definition) is 0. The Labute approximate surface area is 210 Å². The van der Waals surface area contributed by atoms with Crippen LogP contribution in [0.1, 0.15) is 28.4 Å². The van der Waals surface area contributed by atoms with Gasteiger partial charge in [-0.3, -0.25) is 4.79 Å². The Morgan fingerprint density at radius 3 is 2.38 bits per heavy atom. The van der Waals surface area contributed by atoms with Gasteiger partial charge in [0.1, 0.15) is 5.75 Å². The Bertz CT molecular complexity index is 1100. The molecule has 0 aliphatic rings. The van der Waals surface area contributed by atoms with Gasteiger partial charge in [-0.05, 0) is 54.8 Å².